The average molecular weight is 427 g/mol. The summed E-state index contributed by atoms with van der Waals surface area (Å²) in [6.45, 7) is 20.4. The van der Waals surface area contributed by atoms with E-state index < -0.39 is 0 Å². The van der Waals surface area contributed by atoms with Crippen LogP contribution in [-0.4, -0.2) is 11.2 Å². The quantitative estimate of drug-likeness (QED) is 0.387. The lowest BCUT2D eigenvalue weighted by Gasteiger charge is -2.71. The minimum Gasteiger partial charge on any atom is -0.393 e. The van der Waals surface area contributed by atoms with E-state index in [2.05, 4.69) is 61.5 Å². The first kappa shape index (κ1) is 22.5. The molecule has 0 amide bonds. The van der Waals surface area contributed by atoms with E-state index in [9.17, 15) is 5.11 Å². The Hall–Kier alpha value is -0.300. The van der Waals surface area contributed by atoms with Gasteiger partial charge in [0.05, 0.1) is 6.10 Å². The first-order chi connectivity index (χ1) is 14.2. The van der Waals surface area contributed by atoms with Crippen molar-refractivity contribution in [2.24, 2.45) is 50.2 Å². The monoisotopic (exact) mass is 426 g/mol. The van der Waals surface area contributed by atoms with Crippen molar-refractivity contribution < 1.29 is 5.11 Å². The van der Waals surface area contributed by atoms with Gasteiger partial charge < -0.3 is 5.11 Å². The minimum absolute atomic E-state index is 0.0533. The second kappa shape index (κ2) is 6.43. The van der Waals surface area contributed by atoms with Crippen LogP contribution in [0.2, 0.25) is 0 Å². The van der Waals surface area contributed by atoms with Crippen molar-refractivity contribution in [1.82, 2.24) is 0 Å². The summed E-state index contributed by atoms with van der Waals surface area (Å²) >= 11 is 0. The van der Waals surface area contributed by atoms with Crippen molar-refractivity contribution >= 4 is 0 Å². The van der Waals surface area contributed by atoms with E-state index in [-0.39, 0.29) is 11.5 Å². The van der Waals surface area contributed by atoms with Gasteiger partial charge in [0.1, 0.15) is 0 Å². The largest absolute Gasteiger partial charge is 0.393 e. The Kier molecular flexibility index (Phi) is 4.66. The van der Waals surface area contributed by atoms with Crippen LogP contribution >= 0.6 is 0 Å². The molecular formula is C30H50O. The summed E-state index contributed by atoms with van der Waals surface area (Å²) in [7, 11) is 0. The molecule has 8 atom stereocenters. The number of aliphatic hydroxyl groups is 1. The SMILES string of the molecule is CC1(C)CC[C@]2(C)CC[C@]3(C)C(=CC[C@@H]4[C@@]5(C)CC[C@@H](O)C(C)(C)[C@@H]5CC[C@]43C)[C@@H]2C1. The molecule has 1 N–H and O–H groups in total. The third-order valence-corrected chi connectivity index (χ3v) is 13.0. The topological polar surface area (TPSA) is 20.2 Å². The van der Waals surface area contributed by atoms with Crippen LogP contribution in [0.5, 0.6) is 0 Å². The van der Waals surface area contributed by atoms with Gasteiger partial charge in [-0.05, 0) is 114 Å². The molecule has 5 aliphatic rings. The highest BCUT2D eigenvalue weighted by atomic mass is 16.3. The van der Waals surface area contributed by atoms with Crippen LogP contribution in [0.4, 0.5) is 0 Å². The Morgan fingerprint density at radius 3 is 2.16 bits per heavy atom. The summed E-state index contributed by atoms with van der Waals surface area (Å²) in [6.07, 6.45) is 15.9. The molecule has 4 fully saturated rings. The minimum atomic E-state index is -0.125. The molecule has 5 rings (SSSR count). The summed E-state index contributed by atoms with van der Waals surface area (Å²) in [5, 5.41) is 10.9. The van der Waals surface area contributed by atoms with Gasteiger partial charge in [-0.25, -0.2) is 0 Å². The predicted molar refractivity (Wildman–Crippen MR) is 131 cm³/mol. The fourth-order valence-electron chi connectivity index (χ4n) is 10.5. The molecule has 1 nitrogen and oxygen atoms in total. The molecule has 0 unspecified atom stereocenters. The lowest BCUT2D eigenvalue weighted by atomic mass is 9.33. The number of allylic oxidation sites excluding steroid dienone is 2. The number of fused-ring (bicyclic) bond motifs is 7. The number of aliphatic hydroxyl groups excluding tert-OH is 1. The number of hydrogen-bond donors (Lipinski definition) is 1. The third kappa shape index (κ3) is 2.77. The Bertz CT molecular complexity index is 790. The molecule has 176 valence electrons. The Morgan fingerprint density at radius 1 is 0.774 bits per heavy atom. The van der Waals surface area contributed by atoms with Crippen molar-refractivity contribution in [3.05, 3.63) is 11.6 Å². The molecule has 0 radical (unpaired) electrons. The summed E-state index contributed by atoms with van der Waals surface area (Å²) in [5.74, 6) is 2.21. The van der Waals surface area contributed by atoms with Gasteiger partial charge in [-0.15, -0.1) is 0 Å². The molecule has 1 heteroatoms. The Balaban J connectivity index is 1.57. The maximum absolute atomic E-state index is 10.9. The first-order valence-electron chi connectivity index (χ1n) is 13.6. The van der Waals surface area contributed by atoms with Crippen LogP contribution in [0.1, 0.15) is 120 Å². The normalized spacial score (nSPS) is 55.2. The van der Waals surface area contributed by atoms with Gasteiger partial charge in [0, 0.05) is 0 Å². The van der Waals surface area contributed by atoms with Gasteiger partial charge >= 0.3 is 0 Å². The molecule has 0 aromatic heterocycles. The molecular weight excluding hydrogens is 376 g/mol. The van der Waals surface area contributed by atoms with Crippen molar-refractivity contribution in [1.29, 1.82) is 0 Å². The van der Waals surface area contributed by atoms with Crippen LogP contribution in [0.3, 0.4) is 0 Å². The molecule has 0 aromatic rings. The predicted octanol–water partition coefficient (Wildman–Crippen LogP) is 8.17. The molecule has 0 heterocycles. The second-order valence-corrected chi connectivity index (χ2v) is 15.2. The van der Waals surface area contributed by atoms with Gasteiger partial charge in [0.25, 0.3) is 0 Å². The highest BCUT2D eigenvalue weighted by Gasteiger charge is 2.67. The van der Waals surface area contributed by atoms with Crippen molar-refractivity contribution in [3.63, 3.8) is 0 Å². The van der Waals surface area contributed by atoms with Gasteiger partial charge in [0.2, 0.25) is 0 Å². The highest BCUT2D eigenvalue weighted by Crippen LogP contribution is 2.75. The lowest BCUT2D eigenvalue weighted by molar-refractivity contribution is -0.202. The van der Waals surface area contributed by atoms with E-state index >= 15 is 0 Å². The van der Waals surface area contributed by atoms with E-state index in [1.165, 1.54) is 57.8 Å². The van der Waals surface area contributed by atoms with Crippen LogP contribution in [0, 0.1) is 50.2 Å². The summed E-state index contributed by atoms with van der Waals surface area (Å²) in [4.78, 5) is 0. The molecule has 31 heavy (non-hydrogen) atoms. The molecule has 0 aliphatic heterocycles. The zero-order chi connectivity index (χ0) is 22.7. The van der Waals surface area contributed by atoms with Gasteiger partial charge in [0.15, 0.2) is 0 Å². The maximum Gasteiger partial charge on any atom is 0.0594 e. The van der Waals surface area contributed by atoms with E-state index in [0.717, 1.165) is 18.3 Å². The fraction of sp³-hybridized carbons (Fsp3) is 0.933. The Labute approximate surface area is 192 Å². The molecule has 4 saturated carbocycles. The molecule has 5 aliphatic carbocycles. The van der Waals surface area contributed by atoms with E-state index in [4.69, 9.17) is 0 Å². The molecule has 0 spiro atoms. The second-order valence-electron chi connectivity index (χ2n) is 15.2. The first-order valence-corrected chi connectivity index (χ1v) is 13.6. The van der Waals surface area contributed by atoms with Crippen molar-refractivity contribution in [2.75, 3.05) is 0 Å². The summed E-state index contributed by atoms with van der Waals surface area (Å²) < 4.78 is 0. The van der Waals surface area contributed by atoms with Gasteiger partial charge in [-0.3, -0.25) is 0 Å². The molecule has 0 aromatic carbocycles. The van der Waals surface area contributed by atoms with Crippen LogP contribution in [0.15, 0.2) is 11.6 Å². The summed E-state index contributed by atoms with van der Waals surface area (Å²) in [5.41, 5.74) is 4.09. The fourth-order valence-corrected chi connectivity index (χ4v) is 10.5. The van der Waals surface area contributed by atoms with Crippen LogP contribution < -0.4 is 0 Å². The zero-order valence-electron chi connectivity index (χ0n) is 21.9. The highest BCUT2D eigenvalue weighted by molar-refractivity contribution is 5.33. The number of rotatable bonds is 0. The lowest BCUT2D eigenvalue weighted by Crippen LogP contribution is -2.64. The smallest absolute Gasteiger partial charge is 0.0594 e. The standard InChI is InChI=1S/C30H50O/c1-25(2)15-16-27(5)17-18-29(7)20(21(27)19-25)9-10-23-28(6)13-12-24(31)26(3,4)22(28)11-14-30(23,29)8/h9,21-24,31H,10-19H2,1-8H3/t21-,22-,23+,24+,27+,28-,29+,30+/m0/s1. The van der Waals surface area contributed by atoms with E-state index in [1.54, 1.807) is 0 Å². The Morgan fingerprint density at radius 2 is 1.45 bits per heavy atom. The molecule has 0 bridgehead atoms. The maximum atomic E-state index is 10.9. The van der Waals surface area contributed by atoms with Gasteiger partial charge in [-0.2, -0.15) is 0 Å². The van der Waals surface area contributed by atoms with Gasteiger partial charge in [-0.1, -0.05) is 67.0 Å². The van der Waals surface area contributed by atoms with Crippen molar-refractivity contribution in [2.45, 2.75) is 126 Å². The number of hydrogen-bond acceptors (Lipinski definition) is 1. The van der Waals surface area contributed by atoms with Crippen molar-refractivity contribution in [3.8, 4) is 0 Å². The molecule has 0 saturated heterocycles. The van der Waals surface area contributed by atoms with E-state index in [0.29, 0.717) is 33.0 Å². The van der Waals surface area contributed by atoms with E-state index in [1.807, 2.05) is 5.57 Å². The third-order valence-electron chi connectivity index (χ3n) is 13.0. The van der Waals surface area contributed by atoms with Crippen LogP contribution in [0.25, 0.3) is 0 Å². The average Bonchev–Trinajstić information content (AvgIpc) is 2.67. The van der Waals surface area contributed by atoms with Crippen LogP contribution in [-0.2, 0) is 0 Å². The summed E-state index contributed by atoms with van der Waals surface area (Å²) in [6, 6.07) is 0. The zero-order valence-corrected chi connectivity index (χ0v) is 21.9.